The zero-order valence-electron chi connectivity index (χ0n) is 18.1. The van der Waals surface area contributed by atoms with E-state index in [-0.39, 0.29) is 58.0 Å². The van der Waals surface area contributed by atoms with Gasteiger partial charge in [0.15, 0.2) is 0 Å². The lowest BCUT2D eigenvalue weighted by Gasteiger charge is -2.19. The fourth-order valence-corrected chi connectivity index (χ4v) is 5.49. The lowest BCUT2D eigenvalue weighted by atomic mass is 9.94. The SMILES string of the molecule is CC(C)(C)c1cc(C(=O)N2CCNS(=O)(=O)CC2)c(NC(=O)Nc2ccc(F)c(Cl)c2Cl)s1. The molecule has 2 heterocycles. The summed E-state index contributed by atoms with van der Waals surface area (Å²) in [6.45, 7) is 6.26. The van der Waals surface area contributed by atoms with Crippen LogP contribution in [-0.2, 0) is 15.4 Å². The normalized spacial score (nSPS) is 16.2. The molecule has 180 valence electrons. The minimum Gasteiger partial charge on any atom is -0.336 e. The van der Waals surface area contributed by atoms with E-state index in [1.165, 1.54) is 22.3 Å². The van der Waals surface area contributed by atoms with Gasteiger partial charge in [0.25, 0.3) is 5.91 Å². The molecule has 1 saturated heterocycles. The van der Waals surface area contributed by atoms with Gasteiger partial charge in [-0.2, -0.15) is 0 Å². The van der Waals surface area contributed by atoms with E-state index in [1.54, 1.807) is 6.07 Å². The highest BCUT2D eigenvalue weighted by molar-refractivity contribution is 7.89. The molecule has 0 unspecified atom stereocenters. The highest BCUT2D eigenvalue weighted by Crippen LogP contribution is 2.37. The first-order chi connectivity index (χ1) is 15.3. The van der Waals surface area contributed by atoms with Gasteiger partial charge in [-0.3, -0.25) is 10.1 Å². The molecule has 13 heteroatoms. The van der Waals surface area contributed by atoms with Gasteiger partial charge in [-0.15, -0.1) is 11.3 Å². The average Bonchev–Trinajstić information content (AvgIpc) is 3.05. The third-order valence-electron chi connectivity index (χ3n) is 4.83. The first-order valence-electron chi connectivity index (χ1n) is 9.91. The number of anilines is 2. The van der Waals surface area contributed by atoms with Crippen molar-refractivity contribution in [3.05, 3.63) is 44.5 Å². The molecule has 2 aromatic rings. The van der Waals surface area contributed by atoms with Crippen molar-refractivity contribution in [2.24, 2.45) is 0 Å². The molecule has 8 nitrogen and oxygen atoms in total. The van der Waals surface area contributed by atoms with E-state index in [1.807, 2.05) is 20.8 Å². The van der Waals surface area contributed by atoms with Gasteiger partial charge in [0.2, 0.25) is 10.0 Å². The van der Waals surface area contributed by atoms with Crippen LogP contribution in [0.15, 0.2) is 18.2 Å². The number of nitrogens with zero attached hydrogens (tertiary/aromatic N) is 1. The zero-order chi connectivity index (χ0) is 24.6. The number of hydrogen-bond donors (Lipinski definition) is 3. The Morgan fingerprint density at radius 1 is 1.15 bits per heavy atom. The van der Waals surface area contributed by atoms with Crippen LogP contribution in [0, 0.1) is 5.82 Å². The molecule has 3 amide bonds. The molecule has 0 saturated carbocycles. The summed E-state index contributed by atoms with van der Waals surface area (Å²) in [7, 11) is -3.43. The first kappa shape index (κ1) is 25.7. The van der Waals surface area contributed by atoms with E-state index in [9.17, 15) is 22.4 Å². The number of carbonyl (C=O) groups excluding carboxylic acids is 2. The number of urea groups is 1. The second kappa shape index (κ2) is 9.75. The predicted molar refractivity (Wildman–Crippen MR) is 130 cm³/mol. The Bertz CT molecular complexity index is 1200. The van der Waals surface area contributed by atoms with Gasteiger partial charge in [0, 0.05) is 24.5 Å². The van der Waals surface area contributed by atoms with Crippen molar-refractivity contribution in [1.82, 2.24) is 9.62 Å². The summed E-state index contributed by atoms with van der Waals surface area (Å²) in [5, 5.41) is 4.99. The third-order valence-corrected chi connectivity index (χ3v) is 8.53. The van der Waals surface area contributed by atoms with Crippen molar-refractivity contribution in [2.75, 3.05) is 36.0 Å². The molecular weight excluding hydrogens is 514 g/mol. The van der Waals surface area contributed by atoms with E-state index in [0.717, 1.165) is 10.9 Å². The maximum absolute atomic E-state index is 13.5. The molecule has 0 aliphatic carbocycles. The quantitative estimate of drug-likeness (QED) is 0.501. The van der Waals surface area contributed by atoms with Crippen LogP contribution in [0.3, 0.4) is 0 Å². The lowest BCUT2D eigenvalue weighted by Crippen LogP contribution is -2.35. The number of amides is 3. The summed E-state index contributed by atoms with van der Waals surface area (Å²) in [4.78, 5) is 28.2. The van der Waals surface area contributed by atoms with Crippen molar-refractivity contribution in [1.29, 1.82) is 0 Å². The summed E-state index contributed by atoms with van der Waals surface area (Å²) in [5.74, 6) is -1.32. The lowest BCUT2D eigenvalue weighted by molar-refractivity contribution is 0.0773. The Morgan fingerprint density at radius 3 is 2.52 bits per heavy atom. The maximum Gasteiger partial charge on any atom is 0.324 e. The Balaban J connectivity index is 1.87. The highest BCUT2D eigenvalue weighted by Gasteiger charge is 2.29. The van der Waals surface area contributed by atoms with Crippen molar-refractivity contribution in [3.8, 4) is 0 Å². The van der Waals surface area contributed by atoms with Crippen molar-refractivity contribution in [2.45, 2.75) is 26.2 Å². The van der Waals surface area contributed by atoms with E-state index >= 15 is 0 Å². The average molecular weight is 537 g/mol. The van der Waals surface area contributed by atoms with Gasteiger partial charge in [-0.05, 0) is 23.6 Å². The van der Waals surface area contributed by atoms with Gasteiger partial charge in [-0.1, -0.05) is 44.0 Å². The topological polar surface area (TPSA) is 108 Å². The second-order valence-corrected chi connectivity index (χ2v) is 12.1. The summed E-state index contributed by atoms with van der Waals surface area (Å²) in [6, 6.07) is 3.35. The summed E-state index contributed by atoms with van der Waals surface area (Å²) < 4.78 is 39.6. The summed E-state index contributed by atoms with van der Waals surface area (Å²) >= 11 is 13.0. The minimum atomic E-state index is -3.43. The number of sulfonamides is 1. The molecule has 1 aromatic heterocycles. The fraction of sp³-hybridized carbons (Fsp3) is 0.400. The van der Waals surface area contributed by atoms with Gasteiger partial charge in [-0.25, -0.2) is 22.3 Å². The third kappa shape index (κ3) is 6.15. The van der Waals surface area contributed by atoms with Crippen LogP contribution in [-0.4, -0.2) is 50.6 Å². The standard InChI is InChI=1S/C20H23Cl2FN4O4S2/c1-20(2,3)14-10-11(18(28)27-7-6-24-33(30,31)9-8-27)17(32-14)26-19(29)25-13-5-4-12(23)15(21)16(13)22/h4-5,10,24H,6-9H2,1-3H3,(H2,25,26,29). The van der Waals surface area contributed by atoms with Crippen LogP contribution < -0.4 is 15.4 Å². The Morgan fingerprint density at radius 2 is 1.85 bits per heavy atom. The molecule has 0 spiro atoms. The van der Waals surface area contributed by atoms with E-state index in [4.69, 9.17) is 23.2 Å². The van der Waals surface area contributed by atoms with Crippen LogP contribution in [0.1, 0.15) is 36.0 Å². The monoisotopic (exact) mass is 536 g/mol. The number of rotatable bonds is 3. The molecule has 3 rings (SSSR count). The highest BCUT2D eigenvalue weighted by atomic mass is 35.5. The number of nitrogens with one attached hydrogen (secondary N) is 3. The fourth-order valence-electron chi connectivity index (χ4n) is 3.02. The molecule has 1 aliphatic rings. The van der Waals surface area contributed by atoms with Gasteiger partial charge in [0.05, 0.1) is 27.0 Å². The molecule has 1 aromatic carbocycles. The van der Waals surface area contributed by atoms with Gasteiger partial charge < -0.3 is 10.2 Å². The van der Waals surface area contributed by atoms with Gasteiger partial charge in [0.1, 0.15) is 10.8 Å². The number of thiophene rings is 1. The molecule has 0 radical (unpaired) electrons. The largest absolute Gasteiger partial charge is 0.336 e. The Kier molecular flexibility index (Phi) is 7.59. The van der Waals surface area contributed by atoms with Crippen LogP contribution >= 0.6 is 34.5 Å². The number of halogens is 3. The van der Waals surface area contributed by atoms with E-state index in [2.05, 4.69) is 15.4 Å². The van der Waals surface area contributed by atoms with Crippen LogP contribution in [0.2, 0.25) is 10.0 Å². The minimum absolute atomic E-state index is 0.0319. The molecule has 1 aliphatic heterocycles. The molecule has 3 N–H and O–H groups in total. The van der Waals surface area contributed by atoms with Crippen molar-refractivity contribution < 1.29 is 22.4 Å². The predicted octanol–water partition coefficient (Wildman–Crippen LogP) is 4.51. The van der Waals surface area contributed by atoms with Crippen LogP contribution in [0.4, 0.5) is 19.9 Å². The zero-order valence-corrected chi connectivity index (χ0v) is 21.2. The van der Waals surface area contributed by atoms with Crippen LogP contribution in [0.25, 0.3) is 0 Å². The molecule has 0 bridgehead atoms. The smallest absolute Gasteiger partial charge is 0.324 e. The molecular formula is C20H23Cl2FN4O4S2. The summed E-state index contributed by atoms with van der Waals surface area (Å²) in [6.07, 6.45) is 0. The molecule has 33 heavy (non-hydrogen) atoms. The van der Waals surface area contributed by atoms with Gasteiger partial charge >= 0.3 is 6.03 Å². The van der Waals surface area contributed by atoms with E-state index in [0.29, 0.717) is 5.00 Å². The van der Waals surface area contributed by atoms with E-state index < -0.39 is 21.9 Å². The van der Waals surface area contributed by atoms with Crippen LogP contribution in [0.5, 0.6) is 0 Å². The number of benzene rings is 1. The molecule has 1 fully saturated rings. The number of carbonyl (C=O) groups is 2. The number of hydrogen-bond acceptors (Lipinski definition) is 5. The Hall–Kier alpha value is -1.92. The second-order valence-electron chi connectivity index (χ2n) is 8.41. The van der Waals surface area contributed by atoms with Crippen molar-refractivity contribution in [3.63, 3.8) is 0 Å². The maximum atomic E-state index is 13.5. The molecule has 0 atom stereocenters. The van der Waals surface area contributed by atoms with Crippen molar-refractivity contribution >= 4 is 67.2 Å². The Labute approximate surface area is 205 Å². The summed E-state index contributed by atoms with van der Waals surface area (Å²) in [5.41, 5.74) is 0.0561. The first-order valence-corrected chi connectivity index (χ1v) is 13.1.